The van der Waals surface area contributed by atoms with E-state index in [2.05, 4.69) is 0 Å². The molecule has 0 heterocycles. The molecule has 0 aromatic heterocycles. The first kappa shape index (κ1) is 10.5. The third-order valence-electron chi connectivity index (χ3n) is 1.25. The summed E-state index contributed by atoms with van der Waals surface area (Å²) in [6.45, 7) is 0. The quantitative estimate of drug-likeness (QED) is 0.722. The van der Waals surface area contributed by atoms with Gasteiger partial charge < -0.3 is 0 Å². The SMILES string of the molecule is O=[S@](c1ccccc1Cl)C(F)(F)F. The van der Waals surface area contributed by atoms with Crippen molar-refractivity contribution in [3.05, 3.63) is 29.3 Å². The average Bonchev–Trinajstić information content (AvgIpc) is 2.02. The molecule has 0 unspecified atom stereocenters. The summed E-state index contributed by atoms with van der Waals surface area (Å²) in [5.74, 6) is 0. The number of alkyl halides is 3. The van der Waals surface area contributed by atoms with E-state index < -0.39 is 21.2 Å². The lowest BCUT2D eigenvalue weighted by Gasteiger charge is -2.06. The van der Waals surface area contributed by atoms with Crippen LogP contribution in [0.2, 0.25) is 5.02 Å². The summed E-state index contributed by atoms with van der Waals surface area (Å²) < 4.78 is 46.7. The Kier molecular flexibility index (Phi) is 2.98. The maximum Gasteiger partial charge on any atom is 0.475 e. The van der Waals surface area contributed by atoms with E-state index in [1.807, 2.05) is 0 Å². The summed E-state index contributed by atoms with van der Waals surface area (Å²) in [7, 11) is -3.04. The van der Waals surface area contributed by atoms with Gasteiger partial charge in [-0.15, -0.1) is 0 Å². The molecule has 6 heteroatoms. The minimum Gasteiger partial charge on any atom is -0.245 e. The first-order valence-corrected chi connectivity index (χ1v) is 4.69. The van der Waals surface area contributed by atoms with Crippen LogP contribution in [0.25, 0.3) is 0 Å². The Bertz CT molecular complexity index is 337. The molecule has 0 N–H and O–H groups in total. The lowest BCUT2D eigenvalue weighted by molar-refractivity contribution is -0.0384. The predicted molar refractivity (Wildman–Crippen MR) is 43.9 cm³/mol. The van der Waals surface area contributed by atoms with Crippen LogP contribution in [0.15, 0.2) is 29.2 Å². The summed E-state index contributed by atoms with van der Waals surface area (Å²) in [5, 5.41) is -0.141. The standard InChI is InChI=1S/C7H4ClF3OS/c8-5-3-1-2-4-6(5)13(12)7(9,10)11/h1-4H/t13-/m1/s1. The molecule has 1 atom stereocenters. The highest BCUT2D eigenvalue weighted by atomic mass is 35.5. The zero-order valence-electron chi connectivity index (χ0n) is 6.14. The third kappa shape index (κ3) is 2.45. The summed E-state index contributed by atoms with van der Waals surface area (Å²) in [4.78, 5) is -0.406. The fourth-order valence-electron chi connectivity index (χ4n) is 0.720. The molecule has 1 rings (SSSR count). The molecule has 1 aromatic rings. The Morgan fingerprint density at radius 3 is 2.23 bits per heavy atom. The zero-order valence-corrected chi connectivity index (χ0v) is 7.71. The van der Waals surface area contributed by atoms with Crippen molar-refractivity contribution in [3.63, 3.8) is 0 Å². The van der Waals surface area contributed by atoms with Crippen molar-refractivity contribution in [1.29, 1.82) is 0 Å². The summed E-state index contributed by atoms with van der Waals surface area (Å²) in [6.07, 6.45) is 0. The highest BCUT2D eigenvalue weighted by Crippen LogP contribution is 2.30. The van der Waals surface area contributed by atoms with Crippen LogP contribution in [-0.2, 0) is 10.8 Å². The molecule has 13 heavy (non-hydrogen) atoms. The minimum absolute atomic E-state index is 0.141. The smallest absolute Gasteiger partial charge is 0.245 e. The highest BCUT2D eigenvalue weighted by molar-refractivity contribution is 7.86. The Hall–Kier alpha value is -0.550. The maximum absolute atomic E-state index is 12.0. The molecule has 0 spiro atoms. The van der Waals surface area contributed by atoms with Gasteiger partial charge in [0.2, 0.25) is 0 Å². The minimum atomic E-state index is -4.76. The zero-order chi connectivity index (χ0) is 10.1. The molecule has 1 aromatic carbocycles. The van der Waals surface area contributed by atoms with Crippen LogP contribution in [0.1, 0.15) is 0 Å². The molecular weight excluding hydrogens is 225 g/mol. The van der Waals surface area contributed by atoms with Crippen molar-refractivity contribution >= 4 is 22.4 Å². The van der Waals surface area contributed by atoms with E-state index in [-0.39, 0.29) is 5.02 Å². The van der Waals surface area contributed by atoms with Crippen LogP contribution in [-0.4, -0.2) is 9.72 Å². The van der Waals surface area contributed by atoms with Gasteiger partial charge in [-0.1, -0.05) is 23.7 Å². The summed E-state index contributed by atoms with van der Waals surface area (Å²) >= 11 is 5.43. The Labute approximate surface area is 80.0 Å². The molecule has 0 aliphatic rings. The van der Waals surface area contributed by atoms with Gasteiger partial charge in [-0.25, -0.2) is 4.21 Å². The van der Waals surface area contributed by atoms with E-state index in [4.69, 9.17) is 11.6 Å². The van der Waals surface area contributed by atoms with Crippen LogP contribution in [0.4, 0.5) is 13.2 Å². The summed E-state index contributed by atoms with van der Waals surface area (Å²) in [5.41, 5.74) is -4.76. The number of benzene rings is 1. The van der Waals surface area contributed by atoms with E-state index in [9.17, 15) is 17.4 Å². The first-order valence-electron chi connectivity index (χ1n) is 3.16. The largest absolute Gasteiger partial charge is 0.475 e. The van der Waals surface area contributed by atoms with Crippen molar-refractivity contribution in [3.8, 4) is 0 Å². The van der Waals surface area contributed by atoms with Crippen molar-refractivity contribution in [2.24, 2.45) is 0 Å². The van der Waals surface area contributed by atoms with E-state index >= 15 is 0 Å². The van der Waals surface area contributed by atoms with Gasteiger partial charge in [-0.05, 0) is 12.1 Å². The van der Waals surface area contributed by atoms with Gasteiger partial charge in [0.15, 0.2) is 10.8 Å². The van der Waals surface area contributed by atoms with Crippen LogP contribution in [0.3, 0.4) is 0 Å². The second-order valence-corrected chi connectivity index (χ2v) is 3.99. The van der Waals surface area contributed by atoms with Gasteiger partial charge in [0.25, 0.3) is 0 Å². The number of halogens is 4. The third-order valence-corrected chi connectivity index (χ3v) is 2.86. The van der Waals surface area contributed by atoms with E-state index in [1.54, 1.807) is 0 Å². The molecular formula is C7H4ClF3OS. The molecule has 0 amide bonds. The van der Waals surface area contributed by atoms with E-state index in [0.29, 0.717) is 0 Å². The second kappa shape index (κ2) is 3.67. The lowest BCUT2D eigenvalue weighted by atomic mass is 10.4. The van der Waals surface area contributed by atoms with E-state index in [0.717, 1.165) is 6.07 Å². The topological polar surface area (TPSA) is 17.1 Å². The van der Waals surface area contributed by atoms with Crippen molar-refractivity contribution in [2.45, 2.75) is 10.4 Å². The van der Waals surface area contributed by atoms with Gasteiger partial charge >= 0.3 is 5.51 Å². The Morgan fingerprint density at radius 1 is 1.23 bits per heavy atom. The van der Waals surface area contributed by atoms with Crippen LogP contribution in [0, 0.1) is 0 Å². The summed E-state index contributed by atoms with van der Waals surface area (Å²) in [6, 6.07) is 5.18. The number of rotatable bonds is 1. The fraction of sp³-hybridized carbons (Fsp3) is 0.143. The lowest BCUT2D eigenvalue weighted by Crippen LogP contribution is -2.16. The van der Waals surface area contributed by atoms with Gasteiger partial charge in [-0.3, -0.25) is 0 Å². The molecule has 0 aliphatic carbocycles. The molecule has 0 saturated heterocycles. The number of hydrogen-bond donors (Lipinski definition) is 0. The number of hydrogen-bond acceptors (Lipinski definition) is 1. The molecule has 72 valence electrons. The van der Waals surface area contributed by atoms with Gasteiger partial charge in [-0.2, -0.15) is 13.2 Å². The normalized spacial score (nSPS) is 14.2. The molecule has 0 fully saturated rings. The maximum atomic E-state index is 12.0. The van der Waals surface area contributed by atoms with Gasteiger partial charge in [0, 0.05) is 0 Å². The molecule has 0 aliphatic heterocycles. The highest BCUT2D eigenvalue weighted by Gasteiger charge is 2.38. The van der Waals surface area contributed by atoms with E-state index in [1.165, 1.54) is 18.2 Å². The average molecular weight is 229 g/mol. The van der Waals surface area contributed by atoms with Gasteiger partial charge in [0.1, 0.15) is 0 Å². The first-order chi connectivity index (χ1) is 5.93. The second-order valence-electron chi connectivity index (χ2n) is 2.14. The van der Waals surface area contributed by atoms with Crippen LogP contribution >= 0.6 is 11.6 Å². The van der Waals surface area contributed by atoms with Crippen LogP contribution < -0.4 is 0 Å². The molecule has 0 radical (unpaired) electrons. The monoisotopic (exact) mass is 228 g/mol. The van der Waals surface area contributed by atoms with Crippen LogP contribution in [0.5, 0.6) is 0 Å². The Morgan fingerprint density at radius 2 is 1.77 bits per heavy atom. The fourth-order valence-corrected chi connectivity index (χ4v) is 1.76. The van der Waals surface area contributed by atoms with Crippen molar-refractivity contribution < 1.29 is 17.4 Å². The van der Waals surface area contributed by atoms with Gasteiger partial charge in [0.05, 0.1) is 9.92 Å². The Balaban J connectivity index is 3.10. The molecule has 1 nitrogen and oxygen atoms in total. The molecule has 0 bridgehead atoms. The predicted octanol–water partition coefficient (Wildman–Crippen LogP) is 2.97. The van der Waals surface area contributed by atoms with Crippen molar-refractivity contribution in [2.75, 3.05) is 0 Å². The van der Waals surface area contributed by atoms with Crippen molar-refractivity contribution in [1.82, 2.24) is 0 Å². The molecule has 0 saturated carbocycles.